The first kappa shape index (κ1) is 13.4. The highest BCUT2D eigenvalue weighted by Crippen LogP contribution is 2.25. The first-order valence-electron chi connectivity index (χ1n) is 5.65. The molecule has 0 heterocycles. The van der Waals surface area contributed by atoms with E-state index in [-0.39, 0.29) is 6.04 Å². The van der Waals surface area contributed by atoms with Crippen molar-refractivity contribution in [2.24, 2.45) is 5.84 Å². The second kappa shape index (κ2) is 6.21. The van der Waals surface area contributed by atoms with Gasteiger partial charge in [0, 0.05) is 10.0 Å². The topological polar surface area (TPSA) is 38.0 Å². The van der Waals surface area contributed by atoms with Crippen molar-refractivity contribution in [3.8, 4) is 0 Å². The van der Waals surface area contributed by atoms with Gasteiger partial charge in [-0.1, -0.05) is 53.5 Å². The molecule has 0 aliphatic rings. The van der Waals surface area contributed by atoms with Crippen molar-refractivity contribution in [3.05, 3.63) is 69.7 Å². The van der Waals surface area contributed by atoms with Crippen molar-refractivity contribution in [3.63, 3.8) is 0 Å². The van der Waals surface area contributed by atoms with Gasteiger partial charge in [0.05, 0.1) is 6.04 Å². The molecule has 0 bridgehead atoms. The highest BCUT2D eigenvalue weighted by atomic mass is 35.5. The molecule has 3 N–H and O–H groups in total. The fourth-order valence-corrected chi connectivity index (χ4v) is 2.40. The lowest BCUT2D eigenvalue weighted by atomic mass is 9.99. The summed E-state index contributed by atoms with van der Waals surface area (Å²) in [5, 5.41) is 1.44. The Kier molecular flexibility index (Phi) is 4.61. The minimum absolute atomic E-state index is 0.0304. The van der Waals surface area contributed by atoms with Crippen molar-refractivity contribution < 1.29 is 0 Å². The third-order valence-electron chi connectivity index (χ3n) is 2.81. The van der Waals surface area contributed by atoms with Crippen molar-refractivity contribution in [2.75, 3.05) is 0 Å². The Bertz CT molecular complexity index is 529. The number of benzene rings is 2. The lowest BCUT2D eigenvalue weighted by Crippen LogP contribution is -2.29. The Morgan fingerprint density at radius 2 is 1.83 bits per heavy atom. The molecule has 0 spiro atoms. The highest BCUT2D eigenvalue weighted by Gasteiger charge is 2.13. The summed E-state index contributed by atoms with van der Waals surface area (Å²) >= 11 is 12.1. The van der Waals surface area contributed by atoms with Gasteiger partial charge in [0.2, 0.25) is 0 Å². The average molecular weight is 281 g/mol. The van der Waals surface area contributed by atoms with Crippen molar-refractivity contribution in [2.45, 2.75) is 12.5 Å². The van der Waals surface area contributed by atoms with E-state index in [1.807, 2.05) is 48.5 Å². The van der Waals surface area contributed by atoms with Crippen LogP contribution in [0.5, 0.6) is 0 Å². The normalized spacial score (nSPS) is 12.4. The molecule has 0 aliphatic carbocycles. The van der Waals surface area contributed by atoms with Crippen LogP contribution in [0.1, 0.15) is 17.2 Å². The zero-order chi connectivity index (χ0) is 13.0. The summed E-state index contributed by atoms with van der Waals surface area (Å²) in [5.74, 6) is 5.62. The van der Waals surface area contributed by atoms with E-state index in [2.05, 4.69) is 5.43 Å². The van der Waals surface area contributed by atoms with Gasteiger partial charge >= 0.3 is 0 Å². The predicted molar refractivity (Wildman–Crippen MR) is 76.7 cm³/mol. The average Bonchev–Trinajstić information content (AvgIpc) is 2.37. The van der Waals surface area contributed by atoms with E-state index in [9.17, 15) is 0 Å². The van der Waals surface area contributed by atoms with Gasteiger partial charge in [-0.2, -0.15) is 0 Å². The fourth-order valence-electron chi connectivity index (χ4n) is 1.92. The van der Waals surface area contributed by atoms with Gasteiger partial charge in [-0.25, -0.2) is 0 Å². The number of nitrogens with one attached hydrogen (secondary N) is 1. The maximum atomic E-state index is 6.17. The van der Waals surface area contributed by atoms with Crippen LogP contribution in [0.4, 0.5) is 0 Å². The first-order valence-corrected chi connectivity index (χ1v) is 6.41. The Labute approximate surface area is 117 Å². The van der Waals surface area contributed by atoms with E-state index in [1.54, 1.807) is 0 Å². The molecule has 0 aromatic heterocycles. The zero-order valence-corrected chi connectivity index (χ0v) is 11.2. The van der Waals surface area contributed by atoms with Gasteiger partial charge in [-0.05, 0) is 35.7 Å². The number of rotatable bonds is 4. The van der Waals surface area contributed by atoms with Crippen LogP contribution in [0.25, 0.3) is 0 Å². The molecular formula is C14H14Cl2N2. The molecule has 0 saturated carbocycles. The molecule has 4 heteroatoms. The van der Waals surface area contributed by atoms with Crippen molar-refractivity contribution in [1.29, 1.82) is 0 Å². The van der Waals surface area contributed by atoms with E-state index < -0.39 is 0 Å². The summed E-state index contributed by atoms with van der Waals surface area (Å²) in [6.45, 7) is 0. The number of hydrogen-bond acceptors (Lipinski definition) is 2. The molecule has 2 aromatic carbocycles. The summed E-state index contributed by atoms with van der Waals surface area (Å²) in [5.41, 5.74) is 4.90. The smallest absolute Gasteiger partial charge is 0.0515 e. The van der Waals surface area contributed by atoms with E-state index in [1.165, 1.54) is 0 Å². The van der Waals surface area contributed by atoms with Gasteiger partial charge in [0.1, 0.15) is 0 Å². The van der Waals surface area contributed by atoms with Crippen LogP contribution in [0.2, 0.25) is 10.0 Å². The van der Waals surface area contributed by atoms with Gasteiger partial charge in [0.25, 0.3) is 0 Å². The van der Waals surface area contributed by atoms with Gasteiger partial charge in [0.15, 0.2) is 0 Å². The number of hydrogen-bond donors (Lipinski definition) is 2. The second-order valence-electron chi connectivity index (χ2n) is 4.07. The fraction of sp³-hybridized carbons (Fsp3) is 0.143. The summed E-state index contributed by atoms with van der Waals surface area (Å²) < 4.78 is 0. The predicted octanol–water partition coefficient (Wildman–Crippen LogP) is 3.74. The highest BCUT2D eigenvalue weighted by molar-refractivity contribution is 6.31. The molecule has 0 saturated heterocycles. The third kappa shape index (κ3) is 3.24. The molecule has 94 valence electrons. The minimum Gasteiger partial charge on any atom is -0.271 e. The molecule has 2 rings (SSSR count). The molecule has 0 aliphatic heterocycles. The molecule has 18 heavy (non-hydrogen) atoms. The van der Waals surface area contributed by atoms with Gasteiger partial charge < -0.3 is 0 Å². The molecule has 0 fully saturated rings. The molecule has 2 aromatic rings. The van der Waals surface area contributed by atoms with Crippen LogP contribution in [-0.4, -0.2) is 0 Å². The molecule has 0 radical (unpaired) electrons. The molecule has 1 atom stereocenters. The summed E-state index contributed by atoms with van der Waals surface area (Å²) in [6.07, 6.45) is 0.737. The van der Waals surface area contributed by atoms with Crippen LogP contribution in [0.15, 0.2) is 48.5 Å². The third-order valence-corrected chi connectivity index (χ3v) is 3.39. The van der Waals surface area contributed by atoms with Crippen molar-refractivity contribution >= 4 is 23.2 Å². The zero-order valence-electron chi connectivity index (χ0n) is 9.74. The van der Waals surface area contributed by atoms with Crippen molar-refractivity contribution in [1.82, 2.24) is 5.43 Å². The van der Waals surface area contributed by atoms with Crippen LogP contribution >= 0.6 is 23.2 Å². The Hall–Kier alpha value is -1.06. The van der Waals surface area contributed by atoms with Crippen LogP contribution < -0.4 is 11.3 Å². The Morgan fingerprint density at radius 1 is 1.06 bits per heavy atom. The number of nitrogens with two attached hydrogens (primary N) is 1. The van der Waals surface area contributed by atoms with Crippen LogP contribution in [0, 0.1) is 0 Å². The van der Waals surface area contributed by atoms with Crippen LogP contribution in [0.3, 0.4) is 0 Å². The number of halogens is 2. The van der Waals surface area contributed by atoms with E-state index >= 15 is 0 Å². The van der Waals surface area contributed by atoms with Gasteiger partial charge in [-0.15, -0.1) is 0 Å². The second-order valence-corrected chi connectivity index (χ2v) is 4.92. The SMILES string of the molecule is NNC(Cc1cccc(Cl)c1)c1ccccc1Cl. The van der Waals surface area contributed by atoms with Gasteiger partial charge in [-0.3, -0.25) is 11.3 Å². The largest absolute Gasteiger partial charge is 0.271 e. The van der Waals surface area contributed by atoms with Crippen LogP contribution in [-0.2, 0) is 6.42 Å². The molecule has 0 amide bonds. The quantitative estimate of drug-likeness (QED) is 0.661. The van der Waals surface area contributed by atoms with E-state index in [0.717, 1.165) is 22.6 Å². The van der Waals surface area contributed by atoms with E-state index in [4.69, 9.17) is 29.0 Å². The monoisotopic (exact) mass is 280 g/mol. The van der Waals surface area contributed by atoms with E-state index in [0.29, 0.717) is 5.02 Å². The molecular weight excluding hydrogens is 267 g/mol. The maximum Gasteiger partial charge on any atom is 0.0515 e. The maximum absolute atomic E-state index is 6.17. The summed E-state index contributed by atoms with van der Waals surface area (Å²) in [4.78, 5) is 0. The standard InChI is InChI=1S/C14H14Cl2N2/c15-11-5-3-4-10(8-11)9-14(18-17)12-6-1-2-7-13(12)16/h1-8,14,18H,9,17H2. The minimum atomic E-state index is -0.0304. The lowest BCUT2D eigenvalue weighted by Gasteiger charge is -2.17. The first-order chi connectivity index (χ1) is 8.70. The molecule has 1 unspecified atom stereocenters. The lowest BCUT2D eigenvalue weighted by molar-refractivity contribution is 0.552. The molecule has 2 nitrogen and oxygen atoms in total. The number of hydrazine groups is 1. The summed E-state index contributed by atoms with van der Waals surface area (Å²) in [7, 11) is 0. The Balaban J connectivity index is 2.23. The Morgan fingerprint density at radius 3 is 2.50 bits per heavy atom. The summed E-state index contributed by atoms with van der Waals surface area (Å²) in [6, 6.07) is 15.4.